The predicted molar refractivity (Wildman–Crippen MR) is 49.9 cm³/mol. The van der Waals surface area contributed by atoms with Gasteiger partial charge < -0.3 is 5.73 Å². The molecule has 2 fully saturated rings. The molecule has 0 unspecified atom stereocenters. The largest absolute Gasteiger partial charge is 0.327 e. The van der Waals surface area contributed by atoms with E-state index in [4.69, 9.17) is 5.73 Å². The smallest absolute Gasteiger partial charge is 0.00725 e. The quantitative estimate of drug-likeness (QED) is 0.601. The molecule has 0 aromatic rings. The molecule has 0 aromatic heterocycles. The highest BCUT2D eigenvalue weighted by molar-refractivity contribution is 5.85. The number of rotatable bonds is 0. The van der Waals surface area contributed by atoms with Gasteiger partial charge in [-0.3, -0.25) is 0 Å². The van der Waals surface area contributed by atoms with Crippen LogP contribution < -0.4 is 5.73 Å². The van der Waals surface area contributed by atoms with E-state index in [1.54, 1.807) is 0 Å². The van der Waals surface area contributed by atoms with Crippen molar-refractivity contribution in [3.63, 3.8) is 0 Å². The van der Waals surface area contributed by atoms with Gasteiger partial charge in [-0.25, -0.2) is 0 Å². The maximum atomic E-state index is 5.90. The minimum atomic E-state index is 0. The molecule has 2 heteroatoms. The Bertz CT molecular complexity index is 127. The van der Waals surface area contributed by atoms with E-state index in [1.807, 2.05) is 0 Å². The zero-order chi connectivity index (χ0) is 6.97. The lowest BCUT2D eigenvalue weighted by atomic mass is 9.67. The second kappa shape index (κ2) is 3.77. The number of nitrogens with two attached hydrogens (primary N) is 1. The number of hydrogen-bond donors (Lipinski definition) is 1. The summed E-state index contributed by atoms with van der Waals surface area (Å²) < 4.78 is 0. The Morgan fingerprint density at radius 3 is 2.45 bits per heavy atom. The van der Waals surface area contributed by atoms with Crippen molar-refractivity contribution in [2.24, 2.45) is 17.6 Å². The average Bonchev–Trinajstić information content (AvgIpc) is 2.09. The fraction of sp³-hybridized carbons (Fsp3) is 1.00. The normalized spacial score (nSPS) is 42.8. The first-order chi connectivity index (χ1) is 4.88. The highest BCUT2D eigenvalue weighted by atomic mass is 35.5. The molecule has 2 N–H and O–H groups in total. The van der Waals surface area contributed by atoms with Crippen LogP contribution in [0.4, 0.5) is 0 Å². The zero-order valence-corrected chi connectivity index (χ0v) is 7.78. The zero-order valence-electron chi connectivity index (χ0n) is 6.96. The van der Waals surface area contributed by atoms with Gasteiger partial charge in [-0.15, -0.1) is 12.4 Å². The van der Waals surface area contributed by atoms with Crippen molar-refractivity contribution in [3.8, 4) is 0 Å². The van der Waals surface area contributed by atoms with Crippen molar-refractivity contribution in [3.05, 3.63) is 0 Å². The predicted octanol–water partition coefficient (Wildman–Crippen LogP) is 2.34. The van der Waals surface area contributed by atoms with Crippen LogP contribution in [0.3, 0.4) is 0 Å². The van der Waals surface area contributed by atoms with Gasteiger partial charge in [-0.05, 0) is 24.7 Å². The van der Waals surface area contributed by atoms with Crippen molar-refractivity contribution in [2.75, 3.05) is 0 Å². The third kappa shape index (κ3) is 1.70. The maximum absolute atomic E-state index is 5.90. The summed E-state index contributed by atoms with van der Waals surface area (Å²) in [5.74, 6) is 1.94. The monoisotopic (exact) mass is 175 g/mol. The molecule has 11 heavy (non-hydrogen) atoms. The van der Waals surface area contributed by atoms with Crippen LogP contribution in [0.5, 0.6) is 0 Å². The highest BCUT2D eigenvalue weighted by Gasteiger charge is 2.38. The highest BCUT2D eigenvalue weighted by Crippen LogP contribution is 2.42. The molecule has 0 aromatic carbocycles. The number of halogens is 1. The maximum Gasteiger partial charge on any atom is 0.00725 e. The molecule has 1 nitrogen and oxygen atoms in total. The Morgan fingerprint density at radius 1 is 1.00 bits per heavy atom. The third-order valence-electron chi connectivity index (χ3n) is 3.34. The molecule has 0 bridgehead atoms. The van der Waals surface area contributed by atoms with Crippen molar-refractivity contribution >= 4 is 12.4 Å². The number of fused-ring (bicyclic) bond motifs is 1. The first-order valence-electron chi connectivity index (χ1n) is 4.63. The topological polar surface area (TPSA) is 26.0 Å². The van der Waals surface area contributed by atoms with E-state index in [0.29, 0.717) is 6.04 Å². The van der Waals surface area contributed by atoms with Gasteiger partial charge in [-0.2, -0.15) is 0 Å². The van der Waals surface area contributed by atoms with Gasteiger partial charge in [0.2, 0.25) is 0 Å². The minimum absolute atomic E-state index is 0. The van der Waals surface area contributed by atoms with Crippen LogP contribution in [0.15, 0.2) is 0 Å². The fourth-order valence-corrected chi connectivity index (χ4v) is 2.60. The molecule has 0 aliphatic heterocycles. The van der Waals surface area contributed by atoms with Crippen molar-refractivity contribution < 1.29 is 0 Å². The van der Waals surface area contributed by atoms with E-state index in [2.05, 4.69) is 0 Å². The lowest BCUT2D eigenvalue weighted by molar-refractivity contribution is 0.126. The summed E-state index contributed by atoms with van der Waals surface area (Å²) in [5.41, 5.74) is 5.90. The molecule has 2 saturated carbocycles. The Labute approximate surface area is 75.1 Å². The Morgan fingerprint density at radius 2 is 1.73 bits per heavy atom. The molecule has 66 valence electrons. The van der Waals surface area contributed by atoms with E-state index in [0.717, 1.165) is 11.8 Å². The van der Waals surface area contributed by atoms with Crippen LogP contribution in [-0.2, 0) is 0 Å². The SMILES string of the molecule is Cl.N[C@H]1C[C@H]2CCCCC[C@H]21. The number of hydrogen-bond acceptors (Lipinski definition) is 1. The van der Waals surface area contributed by atoms with Crippen LogP contribution in [0.1, 0.15) is 38.5 Å². The first-order valence-corrected chi connectivity index (χ1v) is 4.63. The average molecular weight is 176 g/mol. The molecule has 0 radical (unpaired) electrons. The molecule has 2 aliphatic carbocycles. The lowest BCUT2D eigenvalue weighted by Gasteiger charge is -2.41. The molecule has 3 atom stereocenters. The van der Waals surface area contributed by atoms with Crippen LogP contribution in [0.2, 0.25) is 0 Å². The van der Waals surface area contributed by atoms with Gasteiger partial charge in [0.15, 0.2) is 0 Å². The second-order valence-electron chi connectivity index (χ2n) is 3.96. The van der Waals surface area contributed by atoms with Crippen molar-refractivity contribution in [1.29, 1.82) is 0 Å². The molecule has 2 rings (SSSR count). The fourth-order valence-electron chi connectivity index (χ4n) is 2.60. The molecular weight excluding hydrogens is 158 g/mol. The van der Waals surface area contributed by atoms with E-state index in [1.165, 1.54) is 38.5 Å². The Hall–Kier alpha value is 0.250. The van der Waals surface area contributed by atoms with Gasteiger partial charge in [0.25, 0.3) is 0 Å². The van der Waals surface area contributed by atoms with Crippen LogP contribution >= 0.6 is 12.4 Å². The summed E-state index contributed by atoms with van der Waals surface area (Å²) in [4.78, 5) is 0. The van der Waals surface area contributed by atoms with E-state index < -0.39 is 0 Å². The Balaban J connectivity index is 0.000000605. The van der Waals surface area contributed by atoms with Gasteiger partial charge in [0, 0.05) is 6.04 Å². The van der Waals surface area contributed by atoms with Crippen LogP contribution in [-0.4, -0.2) is 6.04 Å². The Kier molecular flexibility index (Phi) is 3.20. The molecule has 0 spiro atoms. The summed E-state index contributed by atoms with van der Waals surface area (Å²) >= 11 is 0. The minimum Gasteiger partial charge on any atom is -0.327 e. The first kappa shape index (κ1) is 9.34. The lowest BCUT2D eigenvalue weighted by Crippen LogP contribution is -2.46. The van der Waals surface area contributed by atoms with Gasteiger partial charge in [0.1, 0.15) is 0 Å². The van der Waals surface area contributed by atoms with E-state index in [9.17, 15) is 0 Å². The molecule has 0 heterocycles. The van der Waals surface area contributed by atoms with E-state index >= 15 is 0 Å². The van der Waals surface area contributed by atoms with Gasteiger partial charge in [0.05, 0.1) is 0 Å². The summed E-state index contributed by atoms with van der Waals surface area (Å²) in [6.07, 6.45) is 8.58. The van der Waals surface area contributed by atoms with Crippen LogP contribution in [0, 0.1) is 11.8 Å². The summed E-state index contributed by atoms with van der Waals surface area (Å²) in [7, 11) is 0. The summed E-state index contributed by atoms with van der Waals surface area (Å²) in [6, 6.07) is 0.572. The summed E-state index contributed by atoms with van der Waals surface area (Å²) in [5, 5.41) is 0. The van der Waals surface area contributed by atoms with Crippen LogP contribution in [0.25, 0.3) is 0 Å². The van der Waals surface area contributed by atoms with Crippen molar-refractivity contribution in [1.82, 2.24) is 0 Å². The molecule has 0 saturated heterocycles. The van der Waals surface area contributed by atoms with Crippen molar-refractivity contribution in [2.45, 2.75) is 44.6 Å². The van der Waals surface area contributed by atoms with Gasteiger partial charge >= 0.3 is 0 Å². The van der Waals surface area contributed by atoms with E-state index in [-0.39, 0.29) is 12.4 Å². The second-order valence-corrected chi connectivity index (χ2v) is 3.96. The molecule has 0 amide bonds. The standard InChI is InChI=1S/C9H17N.ClH/c10-9-6-7-4-2-1-3-5-8(7)9;/h7-9H,1-6,10H2;1H/t7-,8-,9+;/m1./s1. The third-order valence-corrected chi connectivity index (χ3v) is 3.34. The summed E-state index contributed by atoms with van der Waals surface area (Å²) in [6.45, 7) is 0. The van der Waals surface area contributed by atoms with Gasteiger partial charge in [-0.1, -0.05) is 25.7 Å². The molecule has 2 aliphatic rings. The molecular formula is C9H18ClN.